The van der Waals surface area contributed by atoms with Gasteiger partial charge in [-0.05, 0) is 30.5 Å². The Bertz CT molecular complexity index is 756. The topological polar surface area (TPSA) is 70.3 Å². The van der Waals surface area contributed by atoms with Gasteiger partial charge in [-0.2, -0.15) is 4.98 Å². The van der Waals surface area contributed by atoms with Crippen LogP contribution in [0.15, 0.2) is 24.3 Å². The third-order valence-electron chi connectivity index (χ3n) is 4.03. The number of methoxy groups -OCH3 is 1. The van der Waals surface area contributed by atoms with Crippen molar-refractivity contribution in [3.63, 3.8) is 0 Å². The first-order chi connectivity index (χ1) is 11.2. The van der Waals surface area contributed by atoms with Gasteiger partial charge in [-0.3, -0.25) is 0 Å². The second-order valence-corrected chi connectivity index (χ2v) is 5.95. The maximum absolute atomic E-state index is 12.3. The van der Waals surface area contributed by atoms with Crippen molar-refractivity contribution in [2.75, 3.05) is 12.8 Å². The number of rotatable bonds is 4. The Kier molecular flexibility index (Phi) is 3.77. The minimum Gasteiger partial charge on any atom is -0.480 e. The Hall–Kier alpha value is -2.51. The van der Waals surface area contributed by atoms with Crippen LogP contribution in [0.1, 0.15) is 25.5 Å². The fourth-order valence-electron chi connectivity index (χ4n) is 2.55. The van der Waals surface area contributed by atoms with E-state index in [0.717, 1.165) is 18.5 Å². The van der Waals surface area contributed by atoms with Crippen LogP contribution in [0.5, 0.6) is 11.6 Å². The molecule has 3 rings (SSSR count). The summed E-state index contributed by atoms with van der Waals surface area (Å²) in [6.45, 7) is 2.05. The minimum absolute atomic E-state index is 0.107. The van der Waals surface area contributed by atoms with Crippen LogP contribution >= 0.6 is 0 Å². The van der Waals surface area contributed by atoms with Crippen molar-refractivity contribution in [1.29, 1.82) is 0 Å². The van der Waals surface area contributed by atoms with Gasteiger partial charge < -0.3 is 15.2 Å². The Morgan fingerprint density at radius 3 is 2.25 bits per heavy atom. The predicted octanol–water partition coefficient (Wildman–Crippen LogP) is 3.68. The van der Waals surface area contributed by atoms with Gasteiger partial charge in [0.15, 0.2) is 0 Å². The van der Waals surface area contributed by atoms with E-state index in [2.05, 4.69) is 21.6 Å². The third kappa shape index (κ3) is 3.22. The highest BCUT2D eigenvalue weighted by Gasteiger charge is 2.43. The molecule has 1 fully saturated rings. The summed E-state index contributed by atoms with van der Waals surface area (Å²) in [4.78, 5) is 8.43. The molecule has 1 aromatic heterocycles. The Balaban J connectivity index is 2.05. The lowest BCUT2D eigenvalue weighted by Gasteiger charge is -2.17. The molecule has 2 aromatic rings. The SMILES string of the molecule is COc1nc(N)nc(C2(C)CC2)c1-c1ccc(OC(F)(F)F)cc1. The molecule has 0 atom stereocenters. The number of nitrogen functional groups attached to an aromatic ring is 1. The number of ether oxygens (including phenoxy) is 2. The lowest BCUT2D eigenvalue weighted by Crippen LogP contribution is -2.17. The molecular weight excluding hydrogens is 323 g/mol. The van der Waals surface area contributed by atoms with Gasteiger partial charge in [0.1, 0.15) is 5.75 Å². The predicted molar refractivity (Wildman–Crippen MR) is 81.7 cm³/mol. The molecule has 0 amide bonds. The number of nitrogens with zero attached hydrogens (tertiary/aromatic N) is 2. The van der Waals surface area contributed by atoms with Gasteiger partial charge in [-0.15, -0.1) is 13.2 Å². The van der Waals surface area contributed by atoms with Crippen LogP contribution in [0.4, 0.5) is 19.1 Å². The van der Waals surface area contributed by atoms with Crippen molar-refractivity contribution in [1.82, 2.24) is 9.97 Å². The van der Waals surface area contributed by atoms with Crippen LogP contribution in [-0.4, -0.2) is 23.4 Å². The summed E-state index contributed by atoms with van der Waals surface area (Å²) in [7, 11) is 1.46. The third-order valence-corrected chi connectivity index (χ3v) is 4.03. The Labute approximate surface area is 136 Å². The minimum atomic E-state index is -4.73. The largest absolute Gasteiger partial charge is 0.573 e. The van der Waals surface area contributed by atoms with Gasteiger partial charge in [-0.25, -0.2) is 4.98 Å². The lowest BCUT2D eigenvalue weighted by atomic mass is 9.95. The van der Waals surface area contributed by atoms with Crippen molar-refractivity contribution >= 4 is 5.95 Å². The highest BCUT2D eigenvalue weighted by molar-refractivity contribution is 5.74. The first-order valence-electron chi connectivity index (χ1n) is 7.30. The van der Waals surface area contributed by atoms with Gasteiger partial charge in [0.2, 0.25) is 11.8 Å². The van der Waals surface area contributed by atoms with Gasteiger partial charge in [-0.1, -0.05) is 19.1 Å². The van der Waals surface area contributed by atoms with Gasteiger partial charge in [0.25, 0.3) is 0 Å². The molecule has 0 spiro atoms. The van der Waals surface area contributed by atoms with E-state index >= 15 is 0 Å². The summed E-state index contributed by atoms with van der Waals surface area (Å²) in [5.74, 6) is 0.117. The quantitative estimate of drug-likeness (QED) is 0.920. The summed E-state index contributed by atoms with van der Waals surface area (Å²) in [5, 5.41) is 0. The van der Waals surface area contributed by atoms with Gasteiger partial charge in [0, 0.05) is 5.41 Å². The normalized spacial score (nSPS) is 15.9. The van der Waals surface area contributed by atoms with Crippen molar-refractivity contribution in [2.45, 2.75) is 31.5 Å². The first kappa shape index (κ1) is 16.4. The molecule has 2 N–H and O–H groups in total. The fourth-order valence-corrected chi connectivity index (χ4v) is 2.55. The number of halogens is 3. The molecule has 0 saturated heterocycles. The Morgan fingerprint density at radius 2 is 1.75 bits per heavy atom. The number of aromatic nitrogens is 2. The van der Waals surface area contributed by atoms with E-state index in [1.807, 2.05) is 0 Å². The number of nitrogens with two attached hydrogens (primary N) is 1. The summed E-state index contributed by atoms with van der Waals surface area (Å²) in [6, 6.07) is 5.54. The summed E-state index contributed by atoms with van der Waals surface area (Å²) < 4.78 is 46.0. The molecule has 1 aromatic carbocycles. The number of alkyl halides is 3. The summed E-state index contributed by atoms with van der Waals surface area (Å²) in [6.07, 6.45) is -2.82. The molecule has 24 heavy (non-hydrogen) atoms. The maximum Gasteiger partial charge on any atom is 0.573 e. The number of hydrogen-bond acceptors (Lipinski definition) is 5. The zero-order valence-corrected chi connectivity index (χ0v) is 13.1. The molecule has 1 saturated carbocycles. The number of hydrogen-bond donors (Lipinski definition) is 1. The van der Waals surface area contributed by atoms with Crippen LogP contribution in [0.3, 0.4) is 0 Å². The zero-order chi connectivity index (χ0) is 17.5. The van der Waals surface area contributed by atoms with E-state index in [-0.39, 0.29) is 17.1 Å². The number of benzene rings is 1. The van der Waals surface area contributed by atoms with Gasteiger partial charge >= 0.3 is 6.36 Å². The molecule has 1 aliphatic carbocycles. The summed E-state index contributed by atoms with van der Waals surface area (Å²) in [5.41, 5.74) is 7.66. The molecule has 0 aliphatic heterocycles. The Morgan fingerprint density at radius 1 is 1.12 bits per heavy atom. The standard InChI is InChI=1S/C16H16F3N3O2/c1-15(7-8-15)12-11(13(23-2)22-14(20)21-12)9-3-5-10(6-4-9)24-16(17,18)19/h3-6H,7-8H2,1-2H3,(H2,20,21,22). The van der Waals surface area contributed by atoms with Crippen molar-refractivity contribution in [3.8, 4) is 22.8 Å². The average molecular weight is 339 g/mol. The van der Waals surface area contributed by atoms with E-state index in [1.54, 1.807) is 0 Å². The van der Waals surface area contributed by atoms with Crippen LogP contribution in [0, 0.1) is 0 Å². The fraction of sp³-hybridized carbons (Fsp3) is 0.375. The first-order valence-corrected chi connectivity index (χ1v) is 7.30. The van der Waals surface area contributed by atoms with Crippen LogP contribution in [0.2, 0.25) is 0 Å². The van der Waals surface area contributed by atoms with Crippen LogP contribution < -0.4 is 15.2 Å². The highest BCUT2D eigenvalue weighted by atomic mass is 19.4. The molecular formula is C16H16F3N3O2. The molecule has 0 bridgehead atoms. The van der Waals surface area contributed by atoms with E-state index in [0.29, 0.717) is 17.0 Å². The monoisotopic (exact) mass is 339 g/mol. The van der Waals surface area contributed by atoms with Crippen LogP contribution in [0.25, 0.3) is 11.1 Å². The second-order valence-electron chi connectivity index (χ2n) is 5.95. The maximum atomic E-state index is 12.3. The van der Waals surface area contributed by atoms with Crippen molar-refractivity contribution < 1.29 is 22.6 Å². The van der Waals surface area contributed by atoms with E-state index in [9.17, 15) is 13.2 Å². The molecule has 1 heterocycles. The molecule has 1 aliphatic rings. The average Bonchev–Trinajstić information content (AvgIpc) is 3.25. The molecule has 0 radical (unpaired) electrons. The zero-order valence-electron chi connectivity index (χ0n) is 13.1. The summed E-state index contributed by atoms with van der Waals surface area (Å²) >= 11 is 0. The molecule has 8 heteroatoms. The van der Waals surface area contributed by atoms with Crippen molar-refractivity contribution in [2.24, 2.45) is 0 Å². The molecule has 0 unspecified atom stereocenters. The molecule has 128 valence electrons. The second kappa shape index (κ2) is 5.54. The van der Waals surface area contributed by atoms with E-state index in [1.165, 1.54) is 31.4 Å². The van der Waals surface area contributed by atoms with E-state index in [4.69, 9.17) is 10.5 Å². The highest BCUT2D eigenvalue weighted by Crippen LogP contribution is 2.51. The van der Waals surface area contributed by atoms with Crippen molar-refractivity contribution in [3.05, 3.63) is 30.0 Å². The van der Waals surface area contributed by atoms with Crippen LogP contribution in [-0.2, 0) is 5.41 Å². The van der Waals surface area contributed by atoms with Gasteiger partial charge in [0.05, 0.1) is 18.4 Å². The number of anilines is 1. The lowest BCUT2D eigenvalue weighted by molar-refractivity contribution is -0.274. The van der Waals surface area contributed by atoms with E-state index < -0.39 is 6.36 Å². The molecule has 5 nitrogen and oxygen atoms in total. The smallest absolute Gasteiger partial charge is 0.480 e.